The van der Waals surface area contributed by atoms with E-state index in [0.717, 1.165) is 17.5 Å². The summed E-state index contributed by atoms with van der Waals surface area (Å²) >= 11 is 1.83. The zero-order valence-corrected chi connectivity index (χ0v) is 11.6. The zero-order chi connectivity index (χ0) is 12.3. The molecule has 0 saturated heterocycles. The molecule has 2 nitrogen and oxygen atoms in total. The standard InChI is InChI=1S/C14H20N2S/c1-11(12-7-5-4-6-8-12)16-13-15-9-14(2,3)10-17-13/h4-8,11H,9-10H2,1-3H3,(H,15,16). The van der Waals surface area contributed by atoms with Crippen LogP contribution in [0.1, 0.15) is 32.4 Å². The number of thioether (sulfide) groups is 1. The lowest BCUT2D eigenvalue weighted by molar-refractivity contribution is 0.436. The summed E-state index contributed by atoms with van der Waals surface area (Å²) in [7, 11) is 0. The number of aliphatic imine (C=N–C) groups is 1. The molecule has 0 aromatic heterocycles. The van der Waals surface area contributed by atoms with Crippen LogP contribution in [0.3, 0.4) is 0 Å². The second-order valence-corrected chi connectivity index (χ2v) is 6.32. The Morgan fingerprint density at radius 3 is 2.59 bits per heavy atom. The maximum atomic E-state index is 4.62. The summed E-state index contributed by atoms with van der Waals surface area (Å²) in [5, 5.41) is 4.57. The molecule has 1 unspecified atom stereocenters. The van der Waals surface area contributed by atoms with Crippen LogP contribution in [0.25, 0.3) is 0 Å². The third-order valence-corrected chi connectivity index (χ3v) is 4.34. The molecule has 1 aromatic carbocycles. The molecule has 0 fully saturated rings. The Kier molecular flexibility index (Phi) is 3.77. The Hall–Kier alpha value is -0.960. The maximum absolute atomic E-state index is 4.62. The van der Waals surface area contributed by atoms with Crippen LogP contribution in [0.5, 0.6) is 0 Å². The minimum Gasteiger partial charge on any atom is -0.358 e. The van der Waals surface area contributed by atoms with Gasteiger partial charge in [-0.05, 0) is 17.9 Å². The predicted octanol–water partition coefficient (Wildman–Crippen LogP) is 3.47. The molecule has 2 rings (SSSR count). The van der Waals surface area contributed by atoms with Gasteiger partial charge in [0, 0.05) is 12.3 Å². The number of hydrogen-bond donors (Lipinski definition) is 1. The Bertz CT molecular complexity index is 398. The fourth-order valence-electron chi connectivity index (χ4n) is 1.74. The topological polar surface area (TPSA) is 24.4 Å². The lowest BCUT2D eigenvalue weighted by Gasteiger charge is -2.28. The summed E-state index contributed by atoms with van der Waals surface area (Å²) in [5.74, 6) is 1.14. The summed E-state index contributed by atoms with van der Waals surface area (Å²) in [4.78, 5) is 4.62. The minimum atomic E-state index is 0.323. The molecule has 0 bridgehead atoms. The van der Waals surface area contributed by atoms with E-state index in [2.05, 4.69) is 55.3 Å². The van der Waals surface area contributed by atoms with Crippen LogP contribution >= 0.6 is 11.8 Å². The van der Waals surface area contributed by atoms with E-state index in [1.54, 1.807) is 0 Å². The Labute approximate surface area is 108 Å². The van der Waals surface area contributed by atoms with Crippen LogP contribution in [-0.2, 0) is 0 Å². The lowest BCUT2D eigenvalue weighted by Crippen LogP contribution is -2.32. The van der Waals surface area contributed by atoms with E-state index in [4.69, 9.17) is 0 Å². The summed E-state index contributed by atoms with van der Waals surface area (Å²) < 4.78 is 0. The summed E-state index contributed by atoms with van der Waals surface area (Å²) in [6.07, 6.45) is 0. The largest absolute Gasteiger partial charge is 0.358 e. The van der Waals surface area contributed by atoms with E-state index in [0.29, 0.717) is 11.5 Å². The van der Waals surface area contributed by atoms with Crippen LogP contribution in [-0.4, -0.2) is 17.5 Å². The third-order valence-electron chi connectivity index (χ3n) is 2.89. The average Bonchev–Trinajstić information content (AvgIpc) is 2.33. The van der Waals surface area contributed by atoms with Gasteiger partial charge in [0.2, 0.25) is 0 Å². The normalized spacial score (nSPS) is 20.5. The van der Waals surface area contributed by atoms with Gasteiger partial charge in [0.15, 0.2) is 5.17 Å². The number of nitrogens with zero attached hydrogens (tertiary/aromatic N) is 1. The van der Waals surface area contributed by atoms with E-state index in [9.17, 15) is 0 Å². The highest BCUT2D eigenvalue weighted by molar-refractivity contribution is 8.13. The first kappa shape index (κ1) is 12.5. The predicted molar refractivity (Wildman–Crippen MR) is 76.5 cm³/mol. The second kappa shape index (κ2) is 5.13. The first-order valence-corrected chi connectivity index (χ1v) is 7.04. The minimum absolute atomic E-state index is 0.323. The number of nitrogens with one attached hydrogen (secondary N) is 1. The van der Waals surface area contributed by atoms with Crippen LogP contribution in [0.15, 0.2) is 35.3 Å². The van der Waals surface area contributed by atoms with E-state index < -0.39 is 0 Å². The number of hydrogen-bond acceptors (Lipinski definition) is 3. The van der Waals surface area contributed by atoms with Crippen molar-refractivity contribution < 1.29 is 0 Å². The Balaban J connectivity index is 1.96. The fourth-order valence-corrected chi connectivity index (χ4v) is 2.77. The monoisotopic (exact) mass is 248 g/mol. The number of amidine groups is 1. The van der Waals surface area contributed by atoms with Crippen LogP contribution in [0.4, 0.5) is 0 Å². The van der Waals surface area contributed by atoms with Gasteiger partial charge in [-0.2, -0.15) is 0 Å². The molecule has 1 N–H and O–H groups in total. The van der Waals surface area contributed by atoms with Crippen molar-refractivity contribution in [2.75, 3.05) is 12.3 Å². The maximum Gasteiger partial charge on any atom is 0.157 e. The molecule has 17 heavy (non-hydrogen) atoms. The van der Waals surface area contributed by atoms with Crippen molar-refractivity contribution in [3.8, 4) is 0 Å². The van der Waals surface area contributed by atoms with Gasteiger partial charge in [0.25, 0.3) is 0 Å². The smallest absolute Gasteiger partial charge is 0.157 e. The molecule has 0 radical (unpaired) electrons. The van der Waals surface area contributed by atoms with Crippen molar-refractivity contribution in [1.29, 1.82) is 0 Å². The lowest BCUT2D eigenvalue weighted by atomic mass is 9.97. The van der Waals surface area contributed by atoms with Crippen molar-refractivity contribution in [3.05, 3.63) is 35.9 Å². The highest BCUT2D eigenvalue weighted by atomic mass is 32.2. The molecule has 1 atom stereocenters. The van der Waals surface area contributed by atoms with E-state index >= 15 is 0 Å². The average molecular weight is 248 g/mol. The molecular weight excluding hydrogens is 228 g/mol. The van der Waals surface area contributed by atoms with Gasteiger partial charge in [0.1, 0.15) is 0 Å². The van der Waals surface area contributed by atoms with E-state index in [1.165, 1.54) is 5.56 Å². The summed E-state index contributed by atoms with van der Waals surface area (Å²) in [5.41, 5.74) is 1.65. The molecule has 3 heteroatoms. The molecule has 1 aliphatic rings. The van der Waals surface area contributed by atoms with E-state index in [1.807, 2.05) is 17.8 Å². The van der Waals surface area contributed by atoms with Crippen LogP contribution < -0.4 is 5.32 Å². The van der Waals surface area contributed by atoms with Gasteiger partial charge >= 0.3 is 0 Å². The van der Waals surface area contributed by atoms with Crippen molar-refractivity contribution in [1.82, 2.24) is 5.32 Å². The van der Waals surface area contributed by atoms with Crippen molar-refractivity contribution in [2.24, 2.45) is 10.4 Å². The van der Waals surface area contributed by atoms with Crippen LogP contribution in [0.2, 0.25) is 0 Å². The van der Waals surface area contributed by atoms with Crippen molar-refractivity contribution in [3.63, 3.8) is 0 Å². The third kappa shape index (κ3) is 3.50. The summed E-state index contributed by atoms with van der Waals surface area (Å²) in [6, 6.07) is 10.8. The molecule has 0 amide bonds. The molecule has 0 saturated carbocycles. The van der Waals surface area contributed by atoms with Crippen molar-refractivity contribution in [2.45, 2.75) is 26.8 Å². The van der Waals surface area contributed by atoms with Gasteiger partial charge in [-0.15, -0.1) is 0 Å². The van der Waals surface area contributed by atoms with Gasteiger partial charge in [-0.3, -0.25) is 4.99 Å². The molecule has 1 heterocycles. The van der Waals surface area contributed by atoms with Gasteiger partial charge in [-0.25, -0.2) is 0 Å². The Morgan fingerprint density at radius 1 is 1.29 bits per heavy atom. The van der Waals surface area contributed by atoms with Gasteiger partial charge < -0.3 is 5.32 Å². The first-order valence-electron chi connectivity index (χ1n) is 6.06. The van der Waals surface area contributed by atoms with Crippen molar-refractivity contribution >= 4 is 16.9 Å². The quantitative estimate of drug-likeness (QED) is 0.866. The molecule has 1 aromatic rings. The number of benzene rings is 1. The molecule has 0 aliphatic carbocycles. The molecule has 0 spiro atoms. The highest BCUT2D eigenvalue weighted by Crippen LogP contribution is 2.28. The zero-order valence-electron chi connectivity index (χ0n) is 10.7. The Morgan fingerprint density at radius 2 is 2.00 bits per heavy atom. The number of rotatable bonds is 2. The first-order chi connectivity index (χ1) is 8.07. The molecule has 92 valence electrons. The SMILES string of the molecule is CC(NC1=NCC(C)(C)CS1)c1ccccc1. The second-order valence-electron chi connectivity index (χ2n) is 5.35. The highest BCUT2D eigenvalue weighted by Gasteiger charge is 2.23. The van der Waals surface area contributed by atoms with E-state index in [-0.39, 0.29) is 0 Å². The molecular formula is C14H20N2S. The summed E-state index contributed by atoms with van der Waals surface area (Å²) in [6.45, 7) is 7.63. The van der Waals surface area contributed by atoms with Gasteiger partial charge in [0.05, 0.1) is 6.04 Å². The van der Waals surface area contributed by atoms with Gasteiger partial charge in [-0.1, -0.05) is 55.9 Å². The fraction of sp³-hybridized carbons (Fsp3) is 0.500. The van der Waals surface area contributed by atoms with Crippen LogP contribution in [0, 0.1) is 5.41 Å². The molecule has 1 aliphatic heterocycles.